The molecule has 33 heavy (non-hydrogen) atoms. The van der Waals surface area contributed by atoms with E-state index in [4.69, 9.17) is 9.15 Å². The van der Waals surface area contributed by atoms with Gasteiger partial charge in [0, 0.05) is 11.3 Å². The lowest BCUT2D eigenvalue weighted by molar-refractivity contribution is -0.122. The first kappa shape index (κ1) is 22.3. The van der Waals surface area contributed by atoms with Crippen molar-refractivity contribution in [2.75, 3.05) is 5.32 Å². The fourth-order valence-electron chi connectivity index (χ4n) is 3.43. The van der Waals surface area contributed by atoms with Gasteiger partial charge >= 0.3 is 0 Å². The Kier molecular flexibility index (Phi) is 6.83. The quantitative estimate of drug-likeness (QED) is 0.346. The molecule has 0 aliphatic rings. The van der Waals surface area contributed by atoms with Gasteiger partial charge in [-0.15, -0.1) is 10.2 Å². The predicted molar refractivity (Wildman–Crippen MR) is 129 cm³/mol. The molecule has 1 N–H and O–H groups in total. The maximum absolute atomic E-state index is 12.9. The number of anilines is 1. The van der Waals surface area contributed by atoms with E-state index >= 15 is 0 Å². The number of carbonyl (C=O) groups excluding carboxylic acids is 1. The van der Waals surface area contributed by atoms with Crippen LogP contribution in [0.4, 0.5) is 5.69 Å². The average Bonchev–Trinajstić information content (AvgIpc) is 3.34. The molecule has 1 heterocycles. The molecule has 0 unspecified atom stereocenters. The molecule has 4 aromatic rings. The van der Waals surface area contributed by atoms with Gasteiger partial charge in [-0.25, -0.2) is 0 Å². The molecule has 0 radical (unpaired) electrons. The lowest BCUT2D eigenvalue weighted by atomic mass is 10.0. The smallest absolute Gasteiger partial charge is 0.265 e. The van der Waals surface area contributed by atoms with Gasteiger partial charge in [0.15, 0.2) is 6.10 Å². The van der Waals surface area contributed by atoms with Gasteiger partial charge in [0.2, 0.25) is 5.89 Å². The Balaban J connectivity index is 1.51. The molecule has 168 valence electrons. The van der Waals surface area contributed by atoms with E-state index in [1.165, 1.54) is 5.56 Å². The van der Waals surface area contributed by atoms with Crippen molar-refractivity contribution in [3.8, 4) is 28.7 Å². The first-order valence-electron chi connectivity index (χ1n) is 11.1. The third-order valence-corrected chi connectivity index (χ3v) is 5.34. The van der Waals surface area contributed by atoms with E-state index in [0.29, 0.717) is 35.4 Å². The highest BCUT2D eigenvalue weighted by Gasteiger charge is 2.22. The topological polar surface area (TPSA) is 77.2 Å². The Morgan fingerprint density at radius 3 is 2.27 bits per heavy atom. The molecule has 3 aromatic carbocycles. The minimum absolute atomic E-state index is 0.208. The molecule has 6 nitrogen and oxygen atoms in total. The first-order valence-corrected chi connectivity index (χ1v) is 11.1. The minimum Gasteiger partial charge on any atom is -0.480 e. The van der Waals surface area contributed by atoms with Gasteiger partial charge in [0.05, 0.1) is 5.56 Å². The Morgan fingerprint density at radius 2 is 1.58 bits per heavy atom. The first-order chi connectivity index (χ1) is 16.0. The number of amides is 1. The molecule has 0 spiro atoms. The van der Waals surface area contributed by atoms with Gasteiger partial charge in [-0.1, -0.05) is 63.2 Å². The zero-order valence-electron chi connectivity index (χ0n) is 19.0. The molecule has 1 aromatic heterocycles. The molecule has 0 aliphatic carbocycles. The normalized spacial score (nSPS) is 11.9. The fraction of sp³-hybridized carbons (Fsp3) is 0.222. The summed E-state index contributed by atoms with van der Waals surface area (Å²) in [5.74, 6) is 1.50. The number of carbonyl (C=O) groups is 1. The van der Waals surface area contributed by atoms with Crippen molar-refractivity contribution in [1.29, 1.82) is 0 Å². The van der Waals surface area contributed by atoms with Gasteiger partial charge in [-0.05, 0) is 54.3 Å². The van der Waals surface area contributed by atoms with Crippen LogP contribution in [0.2, 0.25) is 0 Å². The maximum Gasteiger partial charge on any atom is 0.265 e. The van der Waals surface area contributed by atoms with Crippen LogP contribution in [0.1, 0.15) is 38.7 Å². The monoisotopic (exact) mass is 441 g/mol. The van der Waals surface area contributed by atoms with E-state index in [1.54, 1.807) is 6.07 Å². The summed E-state index contributed by atoms with van der Waals surface area (Å²) < 4.78 is 12.0. The predicted octanol–water partition coefficient (Wildman–Crippen LogP) is 6.32. The van der Waals surface area contributed by atoms with Crippen LogP contribution < -0.4 is 10.1 Å². The van der Waals surface area contributed by atoms with E-state index < -0.39 is 6.10 Å². The zero-order chi connectivity index (χ0) is 23.2. The number of hydrogen-bond donors (Lipinski definition) is 1. The van der Waals surface area contributed by atoms with E-state index in [-0.39, 0.29) is 5.91 Å². The van der Waals surface area contributed by atoms with Crippen LogP contribution in [-0.4, -0.2) is 22.2 Å². The van der Waals surface area contributed by atoms with Gasteiger partial charge < -0.3 is 14.5 Å². The second kappa shape index (κ2) is 10.1. The Hall–Kier alpha value is -3.93. The summed E-state index contributed by atoms with van der Waals surface area (Å²) in [6.45, 7) is 6.19. The molecular formula is C27H27N3O3. The number of benzene rings is 3. The number of hydrogen-bond acceptors (Lipinski definition) is 5. The van der Waals surface area contributed by atoms with E-state index in [1.807, 2.05) is 79.7 Å². The Bertz CT molecular complexity index is 1200. The average molecular weight is 442 g/mol. The fourth-order valence-corrected chi connectivity index (χ4v) is 3.43. The summed E-state index contributed by atoms with van der Waals surface area (Å²) >= 11 is 0. The molecule has 0 saturated heterocycles. The second-order valence-corrected chi connectivity index (χ2v) is 8.06. The minimum atomic E-state index is -0.674. The number of rotatable bonds is 8. The van der Waals surface area contributed by atoms with E-state index in [2.05, 4.69) is 29.4 Å². The van der Waals surface area contributed by atoms with E-state index in [9.17, 15) is 4.79 Å². The molecule has 1 amide bonds. The lowest BCUT2D eigenvalue weighted by Crippen LogP contribution is -2.32. The van der Waals surface area contributed by atoms with Crippen molar-refractivity contribution >= 4 is 11.6 Å². The molecule has 6 heteroatoms. The molecule has 0 bridgehead atoms. The third-order valence-electron chi connectivity index (χ3n) is 5.34. The van der Waals surface area contributed by atoms with Crippen molar-refractivity contribution in [3.05, 3.63) is 84.4 Å². The number of para-hydroxylation sites is 1. The Labute approximate surface area is 193 Å². The summed E-state index contributed by atoms with van der Waals surface area (Å²) in [7, 11) is 0. The molecule has 0 aliphatic heterocycles. The summed E-state index contributed by atoms with van der Waals surface area (Å²) in [6, 6.07) is 24.8. The summed E-state index contributed by atoms with van der Waals surface area (Å²) in [6.07, 6.45) is -0.170. The molecule has 0 fully saturated rings. The van der Waals surface area contributed by atoms with Crippen molar-refractivity contribution in [1.82, 2.24) is 10.2 Å². The number of aromatic nitrogens is 2. The highest BCUT2D eigenvalue weighted by molar-refractivity contribution is 5.94. The number of nitrogens with one attached hydrogen (secondary N) is 1. The second-order valence-electron chi connectivity index (χ2n) is 8.06. The Morgan fingerprint density at radius 1 is 0.909 bits per heavy atom. The molecular weight excluding hydrogens is 414 g/mol. The van der Waals surface area contributed by atoms with Crippen LogP contribution in [0.15, 0.2) is 83.3 Å². The van der Waals surface area contributed by atoms with E-state index in [0.717, 1.165) is 11.3 Å². The standard InChI is InChI=1S/C27H27N3O3/c1-4-23(25(31)28-21-16-14-19(15-17-21)18(2)3)32-24-13-9-8-12-22(24)27-30-29-26(33-27)20-10-6-5-7-11-20/h5-18,23H,4H2,1-3H3,(H,28,31)/t23-/m1/s1. The van der Waals surface area contributed by atoms with Crippen molar-refractivity contribution < 1.29 is 13.9 Å². The summed E-state index contributed by atoms with van der Waals surface area (Å²) in [5, 5.41) is 11.3. The van der Waals surface area contributed by atoms with Gasteiger partial charge in [0.25, 0.3) is 11.8 Å². The highest BCUT2D eigenvalue weighted by Crippen LogP contribution is 2.32. The van der Waals surface area contributed by atoms with Gasteiger partial charge in [-0.2, -0.15) is 0 Å². The third kappa shape index (κ3) is 5.29. The molecule has 0 saturated carbocycles. The van der Waals surface area contributed by atoms with Gasteiger partial charge in [0.1, 0.15) is 5.75 Å². The summed E-state index contributed by atoms with van der Waals surface area (Å²) in [5.41, 5.74) is 3.44. The SMILES string of the molecule is CC[C@@H](Oc1ccccc1-c1nnc(-c2ccccc2)o1)C(=O)Nc1ccc(C(C)C)cc1. The maximum atomic E-state index is 12.9. The summed E-state index contributed by atoms with van der Waals surface area (Å²) in [4.78, 5) is 12.9. The van der Waals surface area contributed by atoms with Crippen molar-refractivity contribution in [2.45, 2.75) is 39.2 Å². The highest BCUT2D eigenvalue weighted by atomic mass is 16.5. The molecule has 1 atom stereocenters. The molecule has 4 rings (SSSR count). The van der Waals surface area contributed by atoms with Crippen LogP contribution in [0.3, 0.4) is 0 Å². The van der Waals surface area contributed by atoms with Crippen LogP contribution in [0.5, 0.6) is 5.75 Å². The lowest BCUT2D eigenvalue weighted by Gasteiger charge is -2.19. The van der Waals surface area contributed by atoms with Crippen molar-refractivity contribution in [2.24, 2.45) is 0 Å². The van der Waals surface area contributed by atoms with Gasteiger partial charge in [-0.3, -0.25) is 4.79 Å². The van der Waals surface area contributed by atoms with Crippen LogP contribution in [0.25, 0.3) is 22.9 Å². The van der Waals surface area contributed by atoms with Crippen LogP contribution in [0, 0.1) is 0 Å². The largest absolute Gasteiger partial charge is 0.480 e. The van der Waals surface area contributed by atoms with Crippen LogP contribution >= 0.6 is 0 Å². The van der Waals surface area contributed by atoms with Crippen LogP contribution in [-0.2, 0) is 4.79 Å². The van der Waals surface area contributed by atoms with Crippen molar-refractivity contribution in [3.63, 3.8) is 0 Å². The zero-order valence-corrected chi connectivity index (χ0v) is 19.0. The number of nitrogens with zero attached hydrogens (tertiary/aromatic N) is 2. The number of ether oxygens (including phenoxy) is 1.